The highest BCUT2D eigenvalue weighted by molar-refractivity contribution is 6.14. The summed E-state index contributed by atoms with van der Waals surface area (Å²) in [5, 5.41) is 3.76. The number of rotatable bonds is 0. The Kier molecular flexibility index (Phi) is 2.38. The largest absolute Gasteiger partial charge is 0.291 e. The van der Waals surface area contributed by atoms with Gasteiger partial charge in [-0.25, -0.2) is 4.98 Å². The smallest absolute Gasteiger partial charge is 0.146 e. The fourth-order valence-corrected chi connectivity index (χ4v) is 3.68. The Bertz CT molecular complexity index is 1230. The zero-order valence-electron chi connectivity index (χ0n) is 13.2. The highest BCUT2D eigenvalue weighted by Crippen LogP contribution is 2.33. The summed E-state index contributed by atoms with van der Waals surface area (Å²) in [5.41, 5.74) is 7.06. The summed E-state index contributed by atoms with van der Waals surface area (Å²) in [6.07, 6.45) is 0. The SMILES string of the molecule is Cc1ccc2c(c1)nc1c3ccccc3c3cccc(C)c3n21. The fourth-order valence-electron chi connectivity index (χ4n) is 3.68. The summed E-state index contributed by atoms with van der Waals surface area (Å²) < 4.78 is 2.32. The van der Waals surface area contributed by atoms with Crippen molar-refractivity contribution in [3.8, 4) is 0 Å². The van der Waals surface area contributed by atoms with Crippen molar-refractivity contribution in [3.05, 3.63) is 71.8 Å². The van der Waals surface area contributed by atoms with E-state index in [-0.39, 0.29) is 0 Å². The molecular formula is C21H16N2. The van der Waals surface area contributed by atoms with Gasteiger partial charge in [0, 0.05) is 10.8 Å². The monoisotopic (exact) mass is 296 g/mol. The first kappa shape index (κ1) is 12.7. The lowest BCUT2D eigenvalue weighted by Gasteiger charge is -2.11. The van der Waals surface area contributed by atoms with Crippen LogP contribution in [0.1, 0.15) is 11.1 Å². The van der Waals surface area contributed by atoms with Gasteiger partial charge in [-0.05, 0) is 42.5 Å². The molecule has 0 fully saturated rings. The van der Waals surface area contributed by atoms with E-state index in [1.54, 1.807) is 0 Å². The van der Waals surface area contributed by atoms with Crippen LogP contribution in [-0.2, 0) is 0 Å². The van der Waals surface area contributed by atoms with Crippen LogP contribution in [0.5, 0.6) is 0 Å². The van der Waals surface area contributed by atoms with Crippen molar-refractivity contribution in [2.24, 2.45) is 0 Å². The zero-order chi connectivity index (χ0) is 15.6. The molecule has 110 valence electrons. The molecule has 0 spiro atoms. The molecule has 0 unspecified atom stereocenters. The minimum Gasteiger partial charge on any atom is -0.291 e. The molecule has 0 N–H and O–H groups in total. The average Bonchev–Trinajstić information content (AvgIpc) is 2.93. The van der Waals surface area contributed by atoms with Crippen LogP contribution in [0.4, 0.5) is 0 Å². The number of hydrogen-bond donors (Lipinski definition) is 0. The van der Waals surface area contributed by atoms with Crippen LogP contribution in [0, 0.1) is 13.8 Å². The molecule has 0 saturated heterocycles. The molecule has 0 aliphatic heterocycles. The molecule has 3 aromatic carbocycles. The van der Waals surface area contributed by atoms with Gasteiger partial charge in [0.15, 0.2) is 0 Å². The molecule has 0 aliphatic carbocycles. The van der Waals surface area contributed by atoms with Crippen LogP contribution in [0.2, 0.25) is 0 Å². The third kappa shape index (κ3) is 1.61. The second-order valence-electron chi connectivity index (χ2n) is 6.28. The van der Waals surface area contributed by atoms with Crippen molar-refractivity contribution in [3.63, 3.8) is 0 Å². The Balaban J connectivity index is 2.23. The maximum atomic E-state index is 4.96. The zero-order valence-corrected chi connectivity index (χ0v) is 13.2. The van der Waals surface area contributed by atoms with Gasteiger partial charge in [0.2, 0.25) is 0 Å². The van der Waals surface area contributed by atoms with E-state index < -0.39 is 0 Å². The van der Waals surface area contributed by atoms with Crippen LogP contribution in [0.25, 0.3) is 38.4 Å². The number of fused-ring (bicyclic) bond motifs is 8. The number of para-hydroxylation sites is 1. The predicted octanol–water partition coefficient (Wildman–Crippen LogP) is 5.41. The standard InChI is InChI=1S/C21H16N2/c1-13-10-11-19-18(12-13)22-21-17-8-4-3-7-15(17)16-9-5-6-14(2)20(16)23(19)21/h3-12H,1-2H3. The van der Waals surface area contributed by atoms with Crippen LogP contribution in [0.3, 0.4) is 0 Å². The summed E-state index contributed by atoms with van der Waals surface area (Å²) in [4.78, 5) is 4.96. The molecule has 5 rings (SSSR count). The van der Waals surface area contributed by atoms with E-state index in [4.69, 9.17) is 4.98 Å². The molecule has 0 aliphatic rings. The number of aromatic nitrogens is 2. The van der Waals surface area contributed by atoms with Crippen LogP contribution in [0.15, 0.2) is 60.7 Å². The number of nitrogens with zero attached hydrogens (tertiary/aromatic N) is 2. The number of aryl methyl sites for hydroxylation is 2. The summed E-state index contributed by atoms with van der Waals surface area (Å²) >= 11 is 0. The quantitative estimate of drug-likeness (QED) is 0.349. The van der Waals surface area contributed by atoms with Crippen LogP contribution in [-0.4, -0.2) is 9.38 Å². The Labute approximate surface area is 134 Å². The highest BCUT2D eigenvalue weighted by Gasteiger charge is 2.14. The summed E-state index contributed by atoms with van der Waals surface area (Å²) in [5.74, 6) is 0. The summed E-state index contributed by atoms with van der Waals surface area (Å²) in [7, 11) is 0. The van der Waals surface area contributed by atoms with Gasteiger partial charge in [-0.3, -0.25) is 4.40 Å². The highest BCUT2D eigenvalue weighted by atomic mass is 15.0. The minimum atomic E-state index is 1.04. The van der Waals surface area contributed by atoms with Gasteiger partial charge in [-0.1, -0.05) is 48.5 Å². The minimum absolute atomic E-state index is 1.04. The van der Waals surface area contributed by atoms with Crippen molar-refractivity contribution in [1.82, 2.24) is 9.38 Å². The van der Waals surface area contributed by atoms with Gasteiger partial charge in [0.1, 0.15) is 5.65 Å². The van der Waals surface area contributed by atoms with E-state index in [0.29, 0.717) is 0 Å². The number of imidazole rings is 1. The third-order valence-electron chi connectivity index (χ3n) is 4.73. The summed E-state index contributed by atoms with van der Waals surface area (Å²) in [6.45, 7) is 4.29. The van der Waals surface area contributed by atoms with E-state index >= 15 is 0 Å². The van der Waals surface area contributed by atoms with E-state index in [2.05, 4.69) is 78.9 Å². The molecule has 5 aromatic rings. The van der Waals surface area contributed by atoms with Crippen molar-refractivity contribution in [2.75, 3.05) is 0 Å². The van der Waals surface area contributed by atoms with Crippen molar-refractivity contribution in [2.45, 2.75) is 13.8 Å². The molecule has 2 nitrogen and oxygen atoms in total. The summed E-state index contributed by atoms with van der Waals surface area (Å²) in [6, 6.07) is 21.6. The van der Waals surface area contributed by atoms with E-state index in [9.17, 15) is 0 Å². The van der Waals surface area contributed by atoms with Crippen molar-refractivity contribution in [1.29, 1.82) is 0 Å². The second-order valence-corrected chi connectivity index (χ2v) is 6.28. The average molecular weight is 296 g/mol. The van der Waals surface area contributed by atoms with Crippen molar-refractivity contribution < 1.29 is 0 Å². The van der Waals surface area contributed by atoms with E-state index in [0.717, 1.165) is 11.2 Å². The van der Waals surface area contributed by atoms with Crippen molar-refractivity contribution >= 4 is 38.4 Å². The molecule has 0 atom stereocenters. The maximum absolute atomic E-state index is 4.96. The first-order valence-corrected chi connectivity index (χ1v) is 7.93. The molecular weight excluding hydrogens is 280 g/mol. The molecule has 2 aromatic heterocycles. The lowest BCUT2D eigenvalue weighted by atomic mass is 10.0. The molecule has 0 bridgehead atoms. The topological polar surface area (TPSA) is 17.3 Å². The third-order valence-corrected chi connectivity index (χ3v) is 4.73. The maximum Gasteiger partial charge on any atom is 0.146 e. The number of hydrogen-bond acceptors (Lipinski definition) is 1. The molecule has 0 amide bonds. The van der Waals surface area contributed by atoms with Gasteiger partial charge < -0.3 is 0 Å². The van der Waals surface area contributed by atoms with E-state index in [1.807, 2.05) is 0 Å². The van der Waals surface area contributed by atoms with Gasteiger partial charge in [0.05, 0.1) is 16.6 Å². The van der Waals surface area contributed by atoms with Gasteiger partial charge in [-0.15, -0.1) is 0 Å². The van der Waals surface area contributed by atoms with Gasteiger partial charge >= 0.3 is 0 Å². The van der Waals surface area contributed by atoms with Gasteiger partial charge in [0.25, 0.3) is 0 Å². The Morgan fingerprint density at radius 2 is 1.57 bits per heavy atom. The lowest BCUT2D eigenvalue weighted by molar-refractivity contribution is 1.29. The first-order chi connectivity index (χ1) is 11.2. The normalized spacial score (nSPS) is 11.9. The molecule has 2 heterocycles. The Morgan fingerprint density at radius 3 is 2.43 bits per heavy atom. The van der Waals surface area contributed by atoms with Crippen LogP contribution >= 0.6 is 0 Å². The first-order valence-electron chi connectivity index (χ1n) is 7.93. The Morgan fingerprint density at radius 1 is 0.783 bits per heavy atom. The van der Waals surface area contributed by atoms with Crippen LogP contribution < -0.4 is 0 Å². The molecule has 0 saturated carbocycles. The number of pyridine rings is 1. The predicted molar refractivity (Wildman–Crippen MR) is 97.2 cm³/mol. The van der Waals surface area contributed by atoms with E-state index in [1.165, 1.54) is 38.3 Å². The number of benzene rings is 3. The molecule has 23 heavy (non-hydrogen) atoms. The molecule has 2 heteroatoms. The molecule has 0 radical (unpaired) electrons. The Hall–Kier alpha value is -2.87. The lowest BCUT2D eigenvalue weighted by Crippen LogP contribution is -1.93. The van der Waals surface area contributed by atoms with Gasteiger partial charge in [-0.2, -0.15) is 0 Å². The second kappa shape index (κ2) is 4.32. The fraction of sp³-hybridized carbons (Fsp3) is 0.0952.